The quantitative estimate of drug-likeness (QED) is 0.829. The van der Waals surface area contributed by atoms with Crippen LogP contribution in [0, 0.1) is 6.92 Å². The Balaban J connectivity index is 1.64. The van der Waals surface area contributed by atoms with Gasteiger partial charge >= 0.3 is 0 Å². The molecule has 0 spiro atoms. The second-order valence-corrected chi connectivity index (χ2v) is 6.02. The first kappa shape index (κ1) is 12.8. The van der Waals surface area contributed by atoms with Crippen LogP contribution < -0.4 is 10.6 Å². The molecule has 1 heterocycles. The smallest absolute Gasteiger partial charge is 0.0603 e. The normalized spacial score (nSPS) is 22.1. The van der Waals surface area contributed by atoms with Crippen molar-refractivity contribution in [2.75, 3.05) is 36.8 Å². The van der Waals surface area contributed by atoms with Crippen molar-refractivity contribution in [2.24, 2.45) is 0 Å². The monoisotopic (exact) mass is 259 g/mol. The van der Waals surface area contributed by atoms with Gasteiger partial charge in [-0.15, -0.1) is 0 Å². The van der Waals surface area contributed by atoms with Crippen LogP contribution in [-0.2, 0) is 0 Å². The van der Waals surface area contributed by atoms with Gasteiger partial charge in [-0.25, -0.2) is 0 Å². The molecule has 3 nitrogen and oxygen atoms in total. The molecular weight excluding hydrogens is 234 g/mol. The molecule has 19 heavy (non-hydrogen) atoms. The predicted molar refractivity (Wildman–Crippen MR) is 81.6 cm³/mol. The van der Waals surface area contributed by atoms with E-state index in [0.717, 1.165) is 24.8 Å². The molecule has 2 aliphatic rings. The Morgan fingerprint density at radius 1 is 1.05 bits per heavy atom. The maximum Gasteiger partial charge on any atom is 0.0603 e. The standard InChI is InChI=1S/C16H25N3/c1-13-6-7-15(17)16(12-13)19-10-8-18(9-11-19)14-4-2-3-5-14/h6-7,12,14H,2-5,8-11,17H2,1H3. The zero-order chi connectivity index (χ0) is 13.2. The fourth-order valence-electron chi connectivity index (χ4n) is 3.52. The molecule has 0 radical (unpaired) electrons. The first-order chi connectivity index (χ1) is 9.24. The van der Waals surface area contributed by atoms with Gasteiger partial charge in [0.05, 0.1) is 11.4 Å². The highest BCUT2D eigenvalue weighted by Gasteiger charge is 2.26. The molecule has 1 aromatic rings. The lowest BCUT2D eigenvalue weighted by Crippen LogP contribution is -2.49. The average Bonchev–Trinajstić information content (AvgIpc) is 2.96. The van der Waals surface area contributed by atoms with Crippen LogP contribution in [-0.4, -0.2) is 37.1 Å². The molecule has 0 unspecified atom stereocenters. The molecule has 3 heteroatoms. The summed E-state index contributed by atoms with van der Waals surface area (Å²) in [6.07, 6.45) is 5.67. The summed E-state index contributed by atoms with van der Waals surface area (Å²) in [6.45, 7) is 6.75. The summed E-state index contributed by atoms with van der Waals surface area (Å²) >= 11 is 0. The van der Waals surface area contributed by atoms with Crippen molar-refractivity contribution >= 4 is 11.4 Å². The van der Waals surface area contributed by atoms with E-state index < -0.39 is 0 Å². The Bertz CT molecular complexity index is 430. The number of rotatable bonds is 2. The predicted octanol–water partition coefficient (Wildman–Crippen LogP) is 2.64. The minimum atomic E-state index is 0.858. The molecule has 1 aromatic carbocycles. The lowest BCUT2D eigenvalue weighted by molar-refractivity contribution is 0.187. The third-order valence-corrected chi connectivity index (χ3v) is 4.68. The summed E-state index contributed by atoms with van der Waals surface area (Å²) in [5, 5.41) is 0. The van der Waals surface area contributed by atoms with Gasteiger partial charge in [0.25, 0.3) is 0 Å². The summed E-state index contributed by atoms with van der Waals surface area (Å²) in [6, 6.07) is 7.21. The van der Waals surface area contributed by atoms with E-state index in [9.17, 15) is 0 Å². The Labute approximate surface area is 116 Å². The molecule has 1 aliphatic carbocycles. The number of hydrogen-bond acceptors (Lipinski definition) is 3. The minimum Gasteiger partial charge on any atom is -0.397 e. The van der Waals surface area contributed by atoms with Crippen LogP contribution in [0.2, 0.25) is 0 Å². The summed E-state index contributed by atoms with van der Waals surface area (Å²) in [4.78, 5) is 5.14. The highest BCUT2D eigenvalue weighted by atomic mass is 15.3. The van der Waals surface area contributed by atoms with Gasteiger partial charge < -0.3 is 10.6 Å². The third kappa shape index (κ3) is 2.71. The Hall–Kier alpha value is -1.22. The van der Waals surface area contributed by atoms with E-state index in [-0.39, 0.29) is 0 Å². The second kappa shape index (κ2) is 5.41. The van der Waals surface area contributed by atoms with Crippen molar-refractivity contribution in [3.8, 4) is 0 Å². The maximum absolute atomic E-state index is 6.12. The largest absolute Gasteiger partial charge is 0.397 e. The van der Waals surface area contributed by atoms with Gasteiger partial charge in [0.1, 0.15) is 0 Å². The summed E-state index contributed by atoms with van der Waals surface area (Å²) in [5.41, 5.74) is 9.56. The number of nitrogens with zero attached hydrogens (tertiary/aromatic N) is 2. The fourth-order valence-corrected chi connectivity index (χ4v) is 3.52. The fraction of sp³-hybridized carbons (Fsp3) is 0.625. The van der Waals surface area contributed by atoms with Gasteiger partial charge in [-0.05, 0) is 37.5 Å². The second-order valence-electron chi connectivity index (χ2n) is 6.02. The number of benzene rings is 1. The van der Waals surface area contributed by atoms with Crippen molar-refractivity contribution < 1.29 is 0 Å². The topological polar surface area (TPSA) is 32.5 Å². The number of piperazine rings is 1. The molecule has 104 valence electrons. The maximum atomic E-state index is 6.12. The van der Waals surface area contributed by atoms with Crippen LogP contribution in [0.1, 0.15) is 31.2 Å². The Kier molecular flexibility index (Phi) is 3.65. The summed E-state index contributed by atoms with van der Waals surface area (Å²) in [5.74, 6) is 0. The molecular formula is C16H25N3. The van der Waals surface area contributed by atoms with Gasteiger partial charge in [-0.2, -0.15) is 0 Å². The van der Waals surface area contributed by atoms with Crippen LogP contribution in [0.25, 0.3) is 0 Å². The van der Waals surface area contributed by atoms with E-state index >= 15 is 0 Å². The van der Waals surface area contributed by atoms with E-state index in [1.807, 2.05) is 6.07 Å². The number of nitrogen functional groups attached to an aromatic ring is 1. The SMILES string of the molecule is Cc1ccc(N)c(N2CCN(C3CCCC3)CC2)c1. The number of aryl methyl sites for hydroxylation is 1. The number of hydrogen-bond donors (Lipinski definition) is 1. The van der Waals surface area contributed by atoms with Gasteiger partial charge in [0.15, 0.2) is 0 Å². The zero-order valence-corrected chi connectivity index (χ0v) is 11.9. The van der Waals surface area contributed by atoms with Crippen molar-refractivity contribution in [3.05, 3.63) is 23.8 Å². The Morgan fingerprint density at radius 2 is 1.74 bits per heavy atom. The van der Waals surface area contributed by atoms with Crippen molar-refractivity contribution in [3.63, 3.8) is 0 Å². The van der Waals surface area contributed by atoms with Crippen LogP contribution >= 0.6 is 0 Å². The molecule has 0 bridgehead atoms. The van der Waals surface area contributed by atoms with Gasteiger partial charge in [-0.3, -0.25) is 4.90 Å². The molecule has 0 aromatic heterocycles. The zero-order valence-electron chi connectivity index (χ0n) is 11.9. The van der Waals surface area contributed by atoms with Crippen LogP contribution in [0.5, 0.6) is 0 Å². The summed E-state index contributed by atoms with van der Waals surface area (Å²) < 4.78 is 0. The molecule has 1 aliphatic heterocycles. The van der Waals surface area contributed by atoms with Gasteiger partial charge in [0, 0.05) is 32.2 Å². The first-order valence-electron chi connectivity index (χ1n) is 7.59. The van der Waals surface area contributed by atoms with Gasteiger partial charge in [0.2, 0.25) is 0 Å². The van der Waals surface area contributed by atoms with Crippen LogP contribution in [0.3, 0.4) is 0 Å². The van der Waals surface area contributed by atoms with Crippen molar-refractivity contribution in [1.82, 2.24) is 4.90 Å². The van der Waals surface area contributed by atoms with E-state index in [4.69, 9.17) is 5.73 Å². The minimum absolute atomic E-state index is 0.858. The van der Waals surface area contributed by atoms with Crippen molar-refractivity contribution in [1.29, 1.82) is 0 Å². The van der Waals surface area contributed by atoms with E-state index in [1.54, 1.807) is 0 Å². The molecule has 0 atom stereocenters. The Morgan fingerprint density at radius 3 is 2.42 bits per heavy atom. The molecule has 2 N–H and O–H groups in total. The molecule has 1 saturated heterocycles. The van der Waals surface area contributed by atoms with Gasteiger partial charge in [-0.1, -0.05) is 18.9 Å². The summed E-state index contributed by atoms with van der Waals surface area (Å²) in [7, 11) is 0. The number of anilines is 2. The molecule has 3 rings (SSSR count). The van der Waals surface area contributed by atoms with E-state index in [0.29, 0.717) is 0 Å². The van der Waals surface area contributed by atoms with E-state index in [2.05, 4.69) is 28.9 Å². The van der Waals surface area contributed by atoms with Crippen LogP contribution in [0.15, 0.2) is 18.2 Å². The van der Waals surface area contributed by atoms with E-state index in [1.165, 1.54) is 50.0 Å². The third-order valence-electron chi connectivity index (χ3n) is 4.68. The molecule has 2 fully saturated rings. The molecule has 0 amide bonds. The average molecular weight is 259 g/mol. The lowest BCUT2D eigenvalue weighted by Gasteiger charge is -2.39. The highest BCUT2D eigenvalue weighted by Crippen LogP contribution is 2.28. The first-order valence-corrected chi connectivity index (χ1v) is 7.59. The van der Waals surface area contributed by atoms with Crippen LogP contribution in [0.4, 0.5) is 11.4 Å². The highest BCUT2D eigenvalue weighted by molar-refractivity contribution is 5.68. The molecule has 1 saturated carbocycles. The lowest BCUT2D eigenvalue weighted by atomic mass is 10.1. The van der Waals surface area contributed by atoms with Crippen molar-refractivity contribution in [2.45, 2.75) is 38.6 Å². The number of nitrogens with two attached hydrogens (primary N) is 1.